The predicted molar refractivity (Wildman–Crippen MR) is 304 cm³/mol. The highest BCUT2D eigenvalue weighted by molar-refractivity contribution is 6.94. The molecule has 2 aliphatic heterocycles. The van der Waals surface area contributed by atoms with Crippen molar-refractivity contribution in [1.29, 1.82) is 0 Å². The molecule has 2 nitrogen and oxygen atoms in total. The molecule has 0 spiro atoms. The molecule has 0 amide bonds. The van der Waals surface area contributed by atoms with E-state index in [2.05, 4.69) is 244 Å². The fourth-order valence-electron chi connectivity index (χ4n) is 14.0. The van der Waals surface area contributed by atoms with Gasteiger partial charge in [-0.25, -0.2) is 0 Å². The molecule has 0 saturated carbocycles. The molecule has 0 radical (unpaired) electrons. The van der Waals surface area contributed by atoms with Crippen molar-refractivity contribution in [3.8, 4) is 44.5 Å². The first-order valence-electron chi connectivity index (χ1n) is 26.5. The molecule has 71 heavy (non-hydrogen) atoms. The van der Waals surface area contributed by atoms with E-state index in [4.69, 9.17) is 0 Å². The van der Waals surface area contributed by atoms with E-state index in [1.807, 2.05) is 0 Å². The van der Waals surface area contributed by atoms with Crippen LogP contribution in [0, 0.1) is 6.92 Å². The van der Waals surface area contributed by atoms with Gasteiger partial charge in [0.1, 0.15) is 0 Å². The molecule has 0 unspecified atom stereocenters. The number of rotatable bonds is 4. The molecular weight excluding hydrogens is 856 g/mol. The Morgan fingerprint density at radius 3 is 1.52 bits per heavy atom. The lowest BCUT2D eigenvalue weighted by Crippen LogP contribution is -2.62. The first kappa shape index (κ1) is 44.4. The van der Waals surface area contributed by atoms with Crippen molar-refractivity contribution in [2.75, 3.05) is 9.71 Å². The summed E-state index contributed by atoms with van der Waals surface area (Å²) in [4.78, 5) is 5.55. The Hall–Kier alpha value is -6.58. The average molecular weight is 923 g/mol. The molecule has 8 aromatic carbocycles. The Bertz CT molecular complexity index is 3520. The van der Waals surface area contributed by atoms with Crippen molar-refractivity contribution >= 4 is 46.2 Å². The maximum atomic E-state index is 2.82. The van der Waals surface area contributed by atoms with E-state index >= 15 is 0 Å². The minimum atomic E-state index is -0.223. The molecule has 0 atom stereocenters. The van der Waals surface area contributed by atoms with Gasteiger partial charge in [0.2, 0.25) is 0 Å². The molecular formula is C68H67BN2. The van der Waals surface area contributed by atoms with Gasteiger partial charge in [0, 0.05) is 39.3 Å². The molecule has 3 heteroatoms. The van der Waals surface area contributed by atoms with Gasteiger partial charge in [-0.15, -0.1) is 0 Å². The Balaban J connectivity index is 1.20. The predicted octanol–water partition coefficient (Wildman–Crippen LogP) is 17.0. The van der Waals surface area contributed by atoms with Gasteiger partial charge in [0.15, 0.2) is 0 Å². The van der Waals surface area contributed by atoms with E-state index < -0.39 is 0 Å². The van der Waals surface area contributed by atoms with E-state index in [-0.39, 0.29) is 33.9 Å². The number of anilines is 5. The van der Waals surface area contributed by atoms with Gasteiger partial charge in [-0.05, 0) is 180 Å². The zero-order valence-corrected chi connectivity index (χ0v) is 43.8. The molecule has 0 N–H and O–H groups in total. The van der Waals surface area contributed by atoms with Crippen molar-refractivity contribution in [2.45, 2.75) is 129 Å². The third kappa shape index (κ3) is 6.40. The van der Waals surface area contributed by atoms with Crippen LogP contribution in [0.3, 0.4) is 0 Å². The molecule has 3 aliphatic carbocycles. The highest BCUT2D eigenvalue weighted by Crippen LogP contribution is 2.60. The third-order valence-electron chi connectivity index (χ3n) is 18.5. The van der Waals surface area contributed by atoms with Gasteiger partial charge < -0.3 is 9.71 Å². The summed E-state index contributed by atoms with van der Waals surface area (Å²) in [6.07, 6.45) is 4.67. The molecule has 13 rings (SSSR count). The second kappa shape index (κ2) is 15.0. The summed E-state index contributed by atoms with van der Waals surface area (Å²) < 4.78 is 0. The van der Waals surface area contributed by atoms with Crippen molar-refractivity contribution in [3.63, 3.8) is 0 Å². The van der Waals surface area contributed by atoms with Gasteiger partial charge in [-0.1, -0.05) is 184 Å². The molecule has 0 aromatic heterocycles. The summed E-state index contributed by atoms with van der Waals surface area (Å²) in [5.41, 5.74) is 29.6. The van der Waals surface area contributed by atoms with Crippen LogP contribution >= 0.6 is 0 Å². The largest absolute Gasteiger partial charge is 0.376 e. The first-order valence-corrected chi connectivity index (χ1v) is 26.5. The lowest BCUT2D eigenvalue weighted by Gasteiger charge is -2.50. The van der Waals surface area contributed by atoms with Crippen LogP contribution in [0.15, 0.2) is 158 Å². The highest BCUT2D eigenvalue weighted by Gasteiger charge is 2.52. The standard InChI is InChI=1S/C68H67BN2/c1-42-36-52-54(66(6,7)34-32-64(52,2)3)40-59(42)70-60-41-55-53(65(4,5)33-35-67(55,8)9)39-57(60)69-62-50(38-56-61(63(62)70)48-24-18-19-25-51(48)68(56,10)11)49-37-46(44-22-16-13-17-23-44)28-31-58(49)71(69)47-29-26-45(27-30-47)43-20-14-12-15-21-43/h12-31,36-41H,32-35H2,1-11H3. The minimum Gasteiger partial charge on any atom is -0.376 e. The van der Waals surface area contributed by atoms with Crippen molar-refractivity contribution < 1.29 is 0 Å². The lowest BCUT2D eigenvalue weighted by molar-refractivity contribution is 0.331. The van der Waals surface area contributed by atoms with Crippen LogP contribution in [0.2, 0.25) is 0 Å². The SMILES string of the molecule is Cc1cc2c(cc1N1c3cc4c(cc3B3c5c(cc6c(c51)-c1ccccc1C6(C)C)-c1cc(-c5ccccc5)ccc1N3c1ccc(-c3ccccc3)cc1)C(C)(C)CCC4(C)C)C(C)(C)CCC2(C)C. The fourth-order valence-corrected chi connectivity index (χ4v) is 14.0. The molecule has 2 heterocycles. The number of aryl methyl sites for hydroxylation is 1. The molecule has 0 bridgehead atoms. The monoisotopic (exact) mass is 923 g/mol. The van der Waals surface area contributed by atoms with Gasteiger partial charge >= 0.3 is 6.85 Å². The Labute approximate surface area is 423 Å². The van der Waals surface area contributed by atoms with Crippen molar-refractivity contribution in [3.05, 3.63) is 197 Å². The van der Waals surface area contributed by atoms with Crippen LogP contribution in [0.1, 0.15) is 134 Å². The molecule has 0 fully saturated rings. The Morgan fingerprint density at radius 1 is 0.394 bits per heavy atom. The van der Waals surface area contributed by atoms with Crippen LogP contribution < -0.4 is 20.6 Å². The second-order valence-corrected chi connectivity index (χ2v) is 25.1. The van der Waals surface area contributed by atoms with Crippen LogP contribution in [-0.2, 0) is 27.1 Å². The van der Waals surface area contributed by atoms with E-state index in [0.29, 0.717) is 0 Å². The summed E-state index contributed by atoms with van der Waals surface area (Å²) in [5, 5.41) is 0. The third-order valence-corrected chi connectivity index (χ3v) is 18.5. The number of nitrogens with zero attached hydrogens (tertiary/aromatic N) is 2. The van der Waals surface area contributed by atoms with E-state index in [1.54, 1.807) is 0 Å². The summed E-state index contributed by atoms with van der Waals surface area (Å²) >= 11 is 0. The zero-order chi connectivity index (χ0) is 49.1. The van der Waals surface area contributed by atoms with Gasteiger partial charge in [-0.2, -0.15) is 0 Å². The summed E-state index contributed by atoms with van der Waals surface area (Å²) in [7, 11) is 0. The van der Waals surface area contributed by atoms with E-state index in [0.717, 1.165) is 12.8 Å². The first-order chi connectivity index (χ1) is 33.9. The van der Waals surface area contributed by atoms with Crippen LogP contribution in [0.5, 0.6) is 0 Å². The molecule has 8 aromatic rings. The molecule has 0 saturated heterocycles. The van der Waals surface area contributed by atoms with Crippen molar-refractivity contribution in [2.24, 2.45) is 0 Å². The van der Waals surface area contributed by atoms with Gasteiger partial charge in [0.05, 0.1) is 5.69 Å². The summed E-state index contributed by atoms with van der Waals surface area (Å²) in [6, 6.07) is 61.3. The molecule has 352 valence electrons. The maximum Gasteiger partial charge on any atom is 0.333 e. The smallest absolute Gasteiger partial charge is 0.333 e. The van der Waals surface area contributed by atoms with Crippen molar-refractivity contribution in [1.82, 2.24) is 0 Å². The van der Waals surface area contributed by atoms with Crippen LogP contribution in [0.25, 0.3) is 44.5 Å². The normalized spacial score (nSPS) is 18.6. The van der Waals surface area contributed by atoms with Crippen LogP contribution in [-0.4, -0.2) is 6.85 Å². The summed E-state index contributed by atoms with van der Waals surface area (Å²) in [6.45, 7) is 27.2. The Morgan fingerprint density at radius 2 is 0.901 bits per heavy atom. The maximum absolute atomic E-state index is 2.82. The molecule has 5 aliphatic rings. The van der Waals surface area contributed by atoms with Gasteiger partial charge in [0.25, 0.3) is 0 Å². The van der Waals surface area contributed by atoms with Gasteiger partial charge in [-0.3, -0.25) is 0 Å². The number of benzene rings is 8. The second-order valence-electron chi connectivity index (χ2n) is 25.1. The minimum absolute atomic E-state index is 0.0150. The topological polar surface area (TPSA) is 6.48 Å². The zero-order valence-electron chi connectivity index (χ0n) is 43.8. The average Bonchev–Trinajstić information content (AvgIpc) is 3.60. The highest BCUT2D eigenvalue weighted by atomic mass is 15.2. The number of fused-ring (bicyclic) bond motifs is 10. The van der Waals surface area contributed by atoms with E-state index in [1.165, 1.54) is 136 Å². The Kier molecular flexibility index (Phi) is 9.37. The lowest BCUT2D eigenvalue weighted by atomic mass is 9.42. The van der Waals surface area contributed by atoms with E-state index in [9.17, 15) is 0 Å². The van der Waals surface area contributed by atoms with Crippen LogP contribution in [0.4, 0.5) is 28.4 Å². The number of hydrogen-bond donors (Lipinski definition) is 0. The quantitative estimate of drug-likeness (QED) is 0.162. The fraction of sp³-hybridized carbons (Fsp3) is 0.294. The summed E-state index contributed by atoms with van der Waals surface area (Å²) in [5.74, 6) is 0. The number of hydrogen-bond acceptors (Lipinski definition) is 2.